The predicted molar refractivity (Wildman–Crippen MR) is 90.4 cm³/mol. The van der Waals surface area contributed by atoms with E-state index in [-0.39, 0.29) is 12.2 Å². The first-order valence-corrected chi connectivity index (χ1v) is 8.19. The Morgan fingerprint density at radius 3 is 2.87 bits per heavy atom. The summed E-state index contributed by atoms with van der Waals surface area (Å²) in [5, 5.41) is 6.29. The molecule has 2 atom stereocenters. The van der Waals surface area contributed by atoms with Crippen LogP contribution in [0.1, 0.15) is 30.1 Å². The van der Waals surface area contributed by atoms with Crippen molar-refractivity contribution in [1.82, 2.24) is 21.7 Å². The molecule has 1 amide bonds. The molecule has 1 saturated heterocycles. The number of hydrogen-bond donors (Lipinski definition) is 5. The Kier molecular flexibility index (Phi) is 5.09. The molecule has 1 heterocycles. The zero-order chi connectivity index (χ0) is 16.2. The van der Waals surface area contributed by atoms with Crippen molar-refractivity contribution >= 4 is 28.3 Å². The molecule has 2 aromatic rings. The topological polar surface area (TPSA) is 69.6 Å². The maximum atomic E-state index is 12.6. The Morgan fingerprint density at radius 1 is 1.26 bits per heavy atom. The van der Waals surface area contributed by atoms with Gasteiger partial charge in [-0.15, -0.1) is 5.43 Å². The van der Waals surface area contributed by atoms with Crippen LogP contribution in [0.25, 0.3) is 10.8 Å². The van der Waals surface area contributed by atoms with E-state index >= 15 is 0 Å². The molecule has 122 valence electrons. The van der Waals surface area contributed by atoms with Crippen molar-refractivity contribution in [3.63, 3.8) is 0 Å². The summed E-state index contributed by atoms with van der Waals surface area (Å²) in [6, 6.07) is 11.1. The Hall–Kier alpha value is -1.70. The van der Waals surface area contributed by atoms with Crippen molar-refractivity contribution in [2.75, 3.05) is 6.54 Å². The number of hydrogen-bond acceptors (Lipinski definition) is 4. The Morgan fingerprint density at radius 2 is 2.04 bits per heavy atom. The second kappa shape index (κ2) is 7.25. The van der Waals surface area contributed by atoms with Gasteiger partial charge in [0, 0.05) is 16.0 Å². The van der Waals surface area contributed by atoms with Gasteiger partial charge in [0.05, 0.1) is 0 Å². The van der Waals surface area contributed by atoms with Crippen LogP contribution in [0.3, 0.4) is 0 Å². The first kappa shape index (κ1) is 16.2. The van der Waals surface area contributed by atoms with Crippen LogP contribution in [0.2, 0.25) is 5.02 Å². The van der Waals surface area contributed by atoms with Gasteiger partial charge in [0.15, 0.2) is 6.29 Å². The SMILES string of the molecule is CCCC[NH+]1NNC(NC(=O)c2cccc3c(Cl)cccc23)N1. The molecule has 0 saturated carbocycles. The third-order valence-electron chi connectivity index (χ3n) is 3.86. The Labute approximate surface area is 140 Å². The van der Waals surface area contributed by atoms with Gasteiger partial charge in [-0.05, 0) is 23.9 Å². The van der Waals surface area contributed by atoms with Gasteiger partial charge >= 0.3 is 0 Å². The molecule has 0 spiro atoms. The second-order valence-electron chi connectivity index (χ2n) is 5.54. The molecule has 1 aliphatic heterocycles. The maximum Gasteiger partial charge on any atom is 0.254 e. The molecular weight excluding hydrogens is 314 g/mol. The third kappa shape index (κ3) is 3.63. The quantitative estimate of drug-likeness (QED) is 0.559. The van der Waals surface area contributed by atoms with Crippen molar-refractivity contribution in [3.05, 3.63) is 47.0 Å². The highest BCUT2D eigenvalue weighted by molar-refractivity contribution is 6.36. The molecule has 6 nitrogen and oxygen atoms in total. The standard InChI is InChI=1S/C16H20ClN5O/c1-2-3-10-22-20-16(19-21-22)18-15(23)13-8-4-7-12-11(13)6-5-9-14(12)17/h4-9,16,19-21H,2-3,10H2,1H3,(H,18,23)/p+1. The number of halogens is 1. The largest absolute Gasteiger partial charge is 0.319 e. The van der Waals surface area contributed by atoms with Gasteiger partial charge in [-0.2, -0.15) is 10.5 Å². The highest BCUT2D eigenvalue weighted by atomic mass is 35.5. The average molecular weight is 335 g/mol. The van der Waals surface area contributed by atoms with Crippen LogP contribution in [-0.2, 0) is 0 Å². The summed E-state index contributed by atoms with van der Waals surface area (Å²) in [6.45, 7) is 3.08. The van der Waals surface area contributed by atoms with Gasteiger partial charge in [0.1, 0.15) is 6.54 Å². The van der Waals surface area contributed by atoms with E-state index in [1.54, 1.807) is 6.07 Å². The number of benzene rings is 2. The van der Waals surface area contributed by atoms with Crippen LogP contribution >= 0.6 is 11.6 Å². The molecule has 1 fully saturated rings. The highest BCUT2D eigenvalue weighted by Crippen LogP contribution is 2.25. The fraction of sp³-hybridized carbons (Fsp3) is 0.312. The first-order valence-electron chi connectivity index (χ1n) is 7.81. The van der Waals surface area contributed by atoms with Crippen LogP contribution in [0.15, 0.2) is 36.4 Å². The number of amides is 1. The van der Waals surface area contributed by atoms with E-state index in [2.05, 4.69) is 28.6 Å². The minimum atomic E-state index is -0.330. The lowest BCUT2D eigenvalue weighted by atomic mass is 10.0. The average Bonchev–Trinajstić information content (AvgIpc) is 3.00. The van der Waals surface area contributed by atoms with Crippen molar-refractivity contribution in [2.24, 2.45) is 0 Å². The normalized spacial score (nSPS) is 20.8. The Balaban J connectivity index is 1.71. The molecule has 7 heteroatoms. The molecule has 0 radical (unpaired) electrons. The predicted octanol–water partition coefficient (Wildman–Crippen LogP) is 0.719. The van der Waals surface area contributed by atoms with E-state index in [1.807, 2.05) is 30.3 Å². The molecule has 0 aromatic heterocycles. The van der Waals surface area contributed by atoms with Gasteiger partial charge in [0.2, 0.25) is 0 Å². The number of carbonyl (C=O) groups is 1. The summed E-state index contributed by atoms with van der Waals surface area (Å²) in [5.41, 5.74) is 9.91. The zero-order valence-corrected chi connectivity index (χ0v) is 13.7. The molecule has 1 aliphatic rings. The van der Waals surface area contributed by atoms with Gasteiger partial charge < -0.3 is 5.32 Å². The molecule has 2 aromatic carbocycles. The van der Waals surface area contributed by atoms with E-state index < -0.39 is 0 Å². The Bertz CT molecular complexity index is 708. The monoisotopic (exact) mass is 334 g/mol. The number of fused-ring (bicyclic) bond motifs is 1. The van der Waals surface area contributed by atoms with Crippen LogP contribution in [0.5, 0.6) is 0 Å². The number of quaternary nitrogens is 1. The first-order chi connectivity index (χ1) is 11.2. The molecule has 5 N–H and O–H groups in total. The number of rotatable bonds is 5. The summed E-state index contributed by atoms with van der Waals surface area (Å²) < 4.78 is 0. The minimum absolute atomic E-state index is 0.151. The van der Waals surface area contributed by atoms with Crippen LogP contribution in [-0.4, -0.2) is 18.7 Å². The van der Waals surface area contributed by atoms with E-state index in [0.29, 0.717) is 10.6 Å². The molecule has 0 bridgehead atoms. The highest BCUT2D eigenvalue weighted by Gasteiger charge is 2.26. The lowest BCUT2D eigenvalue weighted by Crippen LogP contribution is -3.22. The van der Waals surface area contributed by atoms with Crippen LogP contribution < -0.4 is 26.8 Å². The van der Waals surface area contributed by atoms with E-state index in [9.17, 15) is 4.79 Å². The molecule has 0 aliphatic carbocycles. The van der Waals surface area contributed by atoms with Crippen LogP contribution in [0.4, 0.5) is 0 Å². The number of hydrazine groups is 1. The van der Waals surface area contributed by atoms with Gasteiger partial charge in [0.25, 0.3) is 5.91 Å². The molecule has 23 heavy (non-hydrogen) atoms. The summed E-state index contributed by atoms with van der Waals surface area (Å²) in [7, 11) is 0. The van der Waals surface area contributed by atoms with Crippen molar-refractivity contribution in [3.8, 4) is 0 Å². The molecule has 3 rings (SSSR count). The van der Waals surface area contributed by atoms with Gasteiger partial charge in [-0.1, -0.05) is 54.7 Å². The summed E-state index contributed by atoms with van der Waals surface area (Å²) in [4.78, 5) is 12.6. The number of nitrogens with one attached hydrogen (secondary N) is 5. The minimum Gasteiger partial charge on any atom is -0.319 e. The van der Waals surface area contributed by atoms with Crippen molar-refractivity contribution in [2.45, 2.75) is 26.1 Å². The summed E-state index contributed by atoms with van der Waals surface area (Å²) >= 11 is 6.20. The third-order valence-corrected chi connectivity index (χ3v) is 4.18. The van der Waals surface area contributed by atoms with Crippen molar-refractivity contribution < 1.29 is 9.91 Å². The van der Waals surface area contributed by atoms with E-state index in [4.69, 9.17) is 11.6 Å². The number of carbonyl (C=O) groups excluding carboxylic acids is 1. The fourth-order valence-corrected chi connectivity index (χ4v) is 2.88. The second-order valence-corrected chi connectivity index (χ2v) is 5.95. The molecule has 2 unspecified atom stereocenters. The lowest BCUT2D eigenvalue weighted by Gasteiger charge is -2.13. The summed E-state index contributed by atoms with van der Waals surface area (Å²) in [6.07, 6.45) is 1.89. The maximum absolute atomic E-state index is 12.6. The van der Waals surface area contributed by atoms with Gasteiger partial charge in [-0.25, -0.2) is 0 Å². The lowest BCUT2D eigenvalue weighted by molar-refractivity contribution is -0.978. The fourth-order valence-electron chi connectivity index (χ4n) is 2.64. The molecular formula is C16H21ClN5O+. The zero-order valence-electron chi connectivity index (χ0n) is 12.9. The van der Waals surface area contributed by atoms with E-state index in [0.717, 1.165) is 35.3 Å². The summed E-state index contributed by atoms with van der Waals surface area (Å²) in [5.74, 6) is -0.151. The smallest absolute Gasteiger partial charge is 0.254 e. The number of unbranched alkanes of at least 4 members (excludes halogenated alkanes) is 1. The van der Waals surface area contributed by atoms with Crippen molar-refractivity contribution in [1.29, 1.82) is 0 Å². The van der Waals surface area contributed by atoms with Crippen LogP contribution in [0, 0.1) is 0 Å². The van der Waals surface area contributed by atoms with Gasteiger partial charge in [-0.3, -0.25) is 4.79 Å². The van der Waals surface area contributed by atoms with E-state index in [1.165, 1.54) is 0 Å².